The number of nitrogens with zero attached hydrogens (tertiary/aromatic N) is 2. The Hall–Kier alpha value is -1.02. The zero-order chi connectivity index (χ0) is 19.0. The van der Waals surface area contributed by atoms with Gasteiger partial charge in [0.05, 0.1) is 17.6 Å². The molecule has 3 nitrogen and oxygen atoms in total. The molecule has 0 unspecified atom stereocenters. The van der Waals surface area contributed by atoms with E-state index < -0.39 is 0 Å². The van der Waals surface area contributed by atoms with Crippen molar-refractivity contribution < 1.29 is 34.7 Å². The first-order valence-electron chi connectivity index (χ1n) is 8.11. The Morgan fingerprint density at radius 3 is 2.25 bits per heavy atom. The Labute approximate surface area is 208 Å². The molecule has 0 saturated heterocycles. The van der Waals surface area contributed by atoms with Crippen LogP contribution in [-0.4, -0.2) is 9.78 Å². The molecule has 28 heavy (non-hydrogen) atoms. The Morgan fingerprint density at radius 2 is 1.54 bits per heavy atom. The van der Waals surface area contributed by atoms with Crippen LogP contribution in [0.3, 0.4) is 0 Å². The summed E-state index contributed by atoms with van der Waals surface area (Å²) < 4.78 is 2.88. The van der Waals surface area contributed by atoms with Crippen LogP contribution in [0.5, 0.6) is 5.75 Å². The third-order valence-electron chi connectivity index (χ3n) is 4.20. The van der Waals surface area contributed by atoms with Crippen molar-refractivity contribution in [1.29, 1.82) is 0 Å². The van der Waals surface area contributed by atoms with E-state index in [2.05, 4.69) is 27.7 Å². The standard InChI is InChI=1S/C21H13Cl2IN2O.Na/c22-13-10-16(21(27)18(23)11-13)17-12-25-26(14-6-2-1-3-7-14)20(17)15-8-4-5-9-19(15)24;/h1-12,27H;/q;+1/p-1. The Morgan fingerprint density at radius 1 is 0.857 bits per heavy atom. The maximum absolute atomic E-state index is 12.7. The minimum absolute atomic E-state index is 0. The van der Waals surface area contributed by atoms with Gasteiger partial charge < -0.3 is 5.11 Å². The first-order chi connectivity index (χ1) is 13.1. The number of halogens is 3. The molecule has 0 atom stereocenters. The van der Waals surface area contributed by atoms with Crippen molar-refractivity contribution >= 4 is 45.8 Å². The van der Waals surface area contributed by atoms with Gasteiger partial charge >= 0.3 is 29.6 Å². The Kier molecular flexibility index (Phi) is 7.12. The molecule has 134 valence electrons. The summed E-state index contributed by atoms with van der Waals surface area (Å²) in [6.07, 6.45) is 1.69. The van der Waals surface area contributed by atoms with E-state index in [9.17, 15) is 5.11 Å². The third-order valence-corrected chi connectivity index (χ3v) is 5.64. The predicted octanol–water partition coefficient (Wildman–Crippen LogP) is 3.20. The molecule has 4 rings (SSSR count). The summed E-state index contributed by atoms with van der Waals surface area (Å²) >= 11 is 14.6. The zero-order valence-corrected chi connectivity index (χ0v) is 20.5. The summed E-state index contributed by atoms with van der Waals surface area (Å²) in [6, 6.07) is 20.9. The molecule has 0 fully saturated rings. The minimum Gasteiger partial charge on any atom is -0.871 e. The molecule has 1 aromatic heterocycles. The topological polar surface area (TPSA) is 40.9 Å². The summed E-state index contributed by atoms with van der Waals surface area (Å²) in [4.78, 5) is 0. The second kappa shape index (κ2) is 9.20. The van der Waals surface area contributed by atoms with Crippen molar-refractivity contribution in [3.63, 3.8) is 0 Å². The maximum atomic E-state index is 12.7. The van der Waals surface area contributed by atoms with Crippen LogP contribution in [-0.2, 0) is 0 Å². The van der Waals surface area contributed by atoms with E-state index in [0.29, 0.717) is 16.1 Å². The summed E-state index contributed by atoms with van der Waals surface area (Å²) in [5, 5.41) is 17.8. The van der Waals surface area contributed by atoms with Crippen molar-refractivity contribution in [3.8, 4) is 33.8 Å². The second-order valence-corrected chi connectivity index (χ2v) is 7.90. The van der Waals surface area contributed by atoms with E-state index in [1.165, 1.54) is 6.07 Å². The van der Waals surface area contributed by atoms with Gasteiger partial charge in [0, 0.05) is 24.7 Å². The van der Waals surface area contributed by atoms with E-state index in [0.717, 1.165) is 20.5 Å². The molecular formula is C21H12Cl2IN2NaO. The van der Waals surface area contributed by atoms with Gasteiger partial charge in [-0.2, -0.15) is 5.10 Å². The number of benzene rings is 3. The van der Waals surface area contributed by atoms with E-state index >= 15 is 0 Å². The van der Waals surface area contributed by atoms with E-state index in [1.54, 1.807) is 12.3 Å². The Balaban J connectivity index is 0.00000225. The number of aromatic nitrogens is 2. The molecule has 0 radical (unpaired) electrons. The van der Waals surface area contributed by atoms with E-state index in [4.69, 9.17) is 23.2 Å². The fraction of sp³-hybridized carbons (Fsp3) is 0. The fourth-order valence-corrected chi connectivity index (χ4v) is 4.12. The molecule has 0 bridgehead atoms. The Bertz CT molecular complexity index is 1130. The fourth-order valence-electron chi connectivity index (χ4n) is 2.98. The number of rotatable bonds is 3. The molecular weight excluding hydrogens is 517 g/mol. The smallest absolute Gasteiger partial charge is 0.871 e. The summed E-state index contributed by atoms with van der Waals surface area (Å²) in [5.41, 5.74) is 3.83. The molecule has 0 saturated carbocycles. The summed E-state index contributed by atoms with van der Waals surface area (Å²) in [7, 11) is 0. The van der Waals surface area contributed by atoms with Crippen molar-refractivity contribution in [1.82, 2.24) is 9.78 Å². The van der Waals surface area contributed by atoms with Crippen LogP contribution in [0.25, 0.3) is 28.1 Å². The molecule has 0 amide bonds. The molecule has 7 heteroatoms. The molecule has 0 aliphatic heterocycles. The number of hydrogen-bond donors (Lipinski definition) is 0. The van der Waals surface area contributed by atoms with Crippen LogP contribution in [0.4, 0.5) is 0 Å². The number of para-hydroxylation sites is 1. The zero-order valence-electron chi connectivity index (χ0n) is 14.9. The van der Waals surface area contributed by atoms with Gasteiger partial charge in [-0.3, -0.25) is 0 Å². The van der Waals surface area contributed by atoms with Gasteiger partial charge in [-0.25, -0.2) is 4.68 Å². The summed E-state index contributed by atoms with van der Waals surface area (Å²) in [5.74, 6) is -0.263. The largest absolute Gasteiger partial charge is 1.00 e. The van der Waals surface area contributed by atoms with Crippen LogP contribution in [0.2, 0.25) is 10.0 Å². The second-order valence-electron chi connectivity index (χ2n) is 5.90. The van der Waals surface area contributed by atoms with Crippen LogP contribution in [0, 0.1) is 3.57 Å². The van der Waals surface area contributed by atoms with Gasteiger partial charge in [-0.15, -0.1) is 0 Å². The van der Waals surface area contributed by atoms with Gasteiger partial charge in [0.15, 0.2) is 0 Å². The van der Waals surface area contributed by atoms with Crippen LogP contribution in [0.15, 0.2) is 72.9 Å². The average Bonchev–Trinajstić information content (AvgIpc) is 3.10. The van der Waals surface area contributed by atoms with Crippen molar-refractivity contribution in [2.45, 2.75) is 0 Å². The predicted molar refractivity (Wildman–Crippen MR) is 117 cm³/mol. The quantitative estimate of drug-likeness (QED) is 0.303. The molecule has 4 aromatic rings. The van der Waals surface area contributed by atoms with Gasteiger partial charge in [-0.05, 0) is 58.5 Å². The molecule has 0 aliphatic rings. The van der Waals surface area contributed by atoms with Crippen LogP contribution < -0.4 is 34.7 Å². The average molecular weight is 529 g/mol. The first kappa shape index (κ1) is 21.7. The van der Waals surface area contributed by atoms with Gasteiger partial charge in [0.1, 0.15) is 0 Å². The summed E-state index contributed by atoms with van der Waals surface area (Å²) in [6.45, 7) is 0. The van der Waals surface area contributed by atoms with Crippen LogP contribution >= 0.6 is 45.8 Å². The normalized spacial score (nSPS) is 10.5. The van der Waals surface area contributed by atoms with E-state index in [1.807, 2.05) is 59.3 Å². The third kappa shape index (κ3) is 4.13. The monoisotopic (exact) mass is 528 g/mol. The van der Waals surface area contributed by atoms with Crippen molar-refractivity contribution in [3.05, 3.63) is 86.5 Å². The SMILES string of the molecule is [Na+].[O-]c1c(Cl)cc(Cl)cc1-c1cnn(-c2ccccc2)c1-c1ccccc1I. The molecule has 0 spiro atoms. The van der Waals surface area contributed by atoms with Crippen LogP contribution in [0.1, 0.15) is 0 Å². The molecule has 0 N–H and O–H groups in total. The van der Waals surface area contributed by atoms with Gasteiger partial charge in [-0.1, -0.05) is 65.3 Å². The van der Waals surface area contributed by atoms with Gasteiger partial charge in [0.2, 0.25) is 0 Å². The molecule has 3 aromatic carbocycles. The maximum Gasteiger partial charge on any atom is 1.00 e. The van der Waals surface area contributed by atoms with Crippen molar-refractivity contribution in [2.24, 2.45) is 0 Å². The minimum atomic E-state index is -0.263. The van der Waals surface area contributed by atoms with E-state index in [-0.39, 0.29) is 40.3 Å². The number of hydrogen-bond acceptors (Lipinski definition) is 2. The van der Waals surface area contributed by atoms with Crippen molar-refractivity contribution in [2.75, 3.05) is 0 Å². The first-order valence-corrected chi connectivity index (χ1v) is 9.94. The van der Waals surface area contributed by atoms with Gasteiger partial charge in [0.25, 0.3) is 0 Å². The molecule has 0 aliphatic carbocycles. The molecule has 1 heterocycles.